The van der Waals surface area contributed by atoms with Gasteiger partial charge in [0.05, 0.1) is 31.1 Å². The zero-order valence-electron chi connectivity index (χ0n) is 24.2. The second kappa shape index (κ2) is 14.2. The fourth-order valence-corrected chi connectivity index (χ4v) is 5.81. The maximum absolute atomic E-state index is 12.2. The van der Waals surface area contributed by atoms with Crippen molar-refractivity contribution in [3.63, 3.8) is 0 Å². The Hall–Kier alpha value is -2.86. The first-order chi connectivity index (χ1) is 19.2. The first-order valence-electron chi connectivity index (χ1n) is 14.6. The highest BCUT2D eigenvalue weighted by atomic mass is 16.5. The van der Waals surface area contributed by atoms with Gasteiger partial charge in [0.25, 0.3) is 0 Å². The Morgan fingerprint density at radius 1 is 0.950 bits per heavy atom. The molecule has 1 saturated heterocycles. The molecule has 1 aliphatic heterocycles. The fourth-order valence-electron chi connectivity index (χ4n) is 5.81. The molecule has 12 heteroatoms. The van der Waals surface area contributed by atoms with Crippen molar-refractivity contribution in [2.45, 2.75) is 64.8 Å². The van der Waals surface area contributed by atoms with Crippen molar-refractivity contribution < 1.29 is 28.7 Å². The molecule has 3 aliphatic rings. The molecule has 0 radical (unpaired) electrons. The van der Waals surface area contributed by atoms with Gasteiger partial charge in [0, 0.05) is 66.0 Å². The topological polar surface area (TPSA) is 127 Å². The lowest BCUT2D eigenvalue weighted by atomic mass is 10.0. The van der Waals surface area contributed by atoms with Crippen LogP contribution in [0.2, 0.25) is 0 Å². The standard InChI is InChI=1S/C28H44N6O6/c1-20(35)32(3)16-18-39-17-4-5-28(38)40-19-23-21-6-8-24-25(9-7-22(21)23)34(30-29-24)15-13-31(2)12-14-33-26(36)10-11-27(33)37/h21-23H,4-19H2,1-3H3/t21-,22+,23?/m1/s1. The number of amides is 3. The van der Waals surface area contributed by atoms with Gasteiger partial charge in [0.15, 0.2) is 0 Å². The Morgan fingerprint density at radius 2 is 1.65 bits per heavy atom. The molecule has 2 aliphatic carbocycles. The van der Waals surface area contributed by atoms with E-state index in [1.165, 1.54) is 17.5 Å². The number of rotatable bonds is 15. The zero-order chi connectivity index (χ0) is 28.6. The second-order valence-electron chi connectivity index (χ2n) is 11.4. The highest BCUT2D eigenvalue weighted by molar-refractivity contribution is 6.01. The number of nitrogens with zero attached hydrogens (tertiary/aromatic N) is 6. The van der Waals surface area contributed by atoms with E-state index in [1.807, 2.05) is 11.7 Å². The van der Waals surface area contributed by atoms with E-state index in [2.05, 4.69) is 15.2 Å². The summed E-state index contributed by atoms with van der Waals surface area (Å²) in [5, 5.41) is 8.89. The van der Waals surface area contributed by atoms with Gasteiger partial charge >= 0.3 is 5.97 Å². The minimum atomic E-state index is -0.174. The zero-order valence-corrected chi connectivity index (χ0v) is 24.2. The number of likely N-dealkylation sites (tertiary alicyclic amines) is 1. The monoisotopic (exact) mass is 560 g/mol. The van der Waals surface area contributed by atoms with Gasteiger partial charge < -0.3 is 19.3 Å². The second-order valence-corrected chi connectivity index (χ2v) is 11.4. The van der Waals surface area contributed by atoms with E-state index in [4.69, 9.17) is 9.47 Å². The summed E-state index contributed by atoms with van der Waals surface area (Å²) < 4.78 is 13.1. The highest BCUT2D eigenvalue weighted by Gasteiger charge is 2.50. The molecule has 1 saturated carbocycles. The summed E-state index contributed by atoms with van der Waals surface area (Å²) in [6.45, 7) is 6.05. The van der Waals surface area contributed by atoms with Crippen molar-refractivity contribution in [3.05, 3.63) is 11.4 Å². The summed E-state index contributed by atoms with van der Waals surface area (Å²) in [5.41, 5.74) is 2.28. The number of fused-ring (bicyclic) bond motifs is 2. The van der Waals surface area contributed by atoms with Gasteiger partial charge in [-0.1, -0.05) is 5.21 Å². The SMILES string of the molecule is CC(=O)N(C)CCOCCCC(=O)OCC1[C@H]2CCc3c(nnn3CCN(C)CCN3C(=O)CCC3=O)CC[C@@H]12. The van der Waals surface area contributed by atoms with E-state index < -0.39 is 0 Å². The predicted octanol–water partition coefficient (Wildman–Crippen LogP) is 0.918. The molecule has 3 atom stereocenters. The number of esters is 1. The average Bonchev–Trinajstić information content (AvgIpc) is 3.24. The molecule has 0 bridgehead atoms. The molecule has 0 spiro atoms. The molecular weight excluding hydrogens is 516 g/mol. The summed E-state index contributed by atoms with van der Waals surface area (Å²) in [6.07, 6.45) is 5.52. The van der Waals surface area contributed by atoms with Gasteiger partial charge in [-0.2, -0.15) is 0 Å². The third kappa shape index (κ3) is 8.09. The normalized spacial score (nSPS) is 22.1. The van der Waals surface area contributed by atoms with Crippen molar-refractivity contribution in [3.8, 4) is 0 Å². The highest BCUT2D eigenvalue weighted by Crippen LogP contribution is 2.52. The van der Waals surface area contributed by atoms with Gasteiger partial charge in [-0.05, 0) is 56.9 Å². The van der Waals surface area contributed by atoms with Crippen LogP contribution in [0.3, 0.4) is 0 Å². The third-order valence-electron chi connectivity index (χ3n) is 8.62. The van der Waals surface area contributed by atoms with E-state index in [0.29, 0.717) is 89.4 Å². The van der Waals surface area contributed by atoms with Gasteiger partial charge in [-0.15, -0.1) is 5.10 Å². The molecule has 1 unspecified atom stereocenters. The van der Waals surface area contributed by atoms with E-state index in [1.54, 1.807) is 11.9 Å². The Labute approximate surface area is 236 Å². The summed E-state index contributed by atoms with van der Waals surface area (Å²) in [6, 6.07) is 0. The smallest absolute Gasteiger partial charge is 0.305 e. The van der Waals surface area contributed by atoms with Crippen molar-refractivity contribution in [2.24, 2.45) is 17.8 Å². The number of aromatic nitrogens is 3. The molecule has 2 heterocycles. The van der Waals surface area contributed by atoms with E-state index in [0.717, 1.165) is 37.9 Å². The summed E-state index contributed by atoms with van der Waals surface area (Å²) in [7, 11) is 3.73. The predicted molar refractivity (Wildman–Crippen MR) is 145 cm³/mol. The molecule has 3 amide bonds. The molecule has 1 aromatic heterocycles. The van der Waals surface area contributed by atoms with Crippen LogP contribution < -0.4 is 0 Å². The minimum absolute atomic E-state index is 0.00808. The largest absolute Gasteiger partial charge is 0.465 e. The number of aryl methyl sites for hydroxylation is 1. The average molecular weight is 561 g/mol. The van der Waals surface area contributed by atoms with E-state index >= 15 is 0 Å². The lowest BCUT2D eigenvalue weighted by Gasteiger charge is -2.21. The summed E-state index contributed by atoms with van der Waals surface area (Å²) >= 11 is 0. The summed E-state index contributed by atoms with van der Waals surface area (Å²) in [5.74, 6) is 1.27. The number of hydrogen-bond donors (Lipinski definition) is 0. The Bertz CT molecular complexity index is 1040. The van der Waals surface area contributed by atoms with Crippen LogP contribution in [0, 0.1) is 17.8 Å². The first-order valence-corrected chi connectivity index (χ1v) is 14.6. The van der Waals surface area contributed by atoms with Gasteiger partial charge in [-0.3, -0.25) is 24.1 Å². The number of carbonyl (C=O) groups excluding carboxylic acids is 4. The van der Waals surface area contributed by atoms with E-state index in [-0.39, 0.29) is 23.7 Å². The van der Waals surface area contributed by atoms with Crippen LogP contribution in [0.5, 0.6) is 0 Å². The van der Waals surface area contributed by atoms with Crippen LogP contribution in [-0.2, 0) is 48.0 Å². The maximum Gasteiger partial charge on any atom is 0.305 e. The van der Waals surface area contributed by atoms with Crippen molar-refractivity contribution in [2.75, 3.05) is 60.1 Å². The van der Waals surface area contributed by atoms with Crippen LogP contribution in [0.25, 0.3) is 0 Å². The lowest BCUT2D eigenvalue weighted by molar-refractivity contribution is -0.145. The fraction of sp³-hybridized carbons (Fsp3) is 0.786. The number of carbonyl (C=O) groups is 4. The molecule has 1 aromatic rings. The Morgan fingerprint density at radius 3 is 2.38 bits per heavy atom. The molecule has 2 fully saturated rings. The molecule has 12 nitrogen and oxygen atoms in total. The quantitative estimate of drug-likeness (QED) is 0.175. The molecule has 4 rings (SSSR count). The molecular formula is C28H44N6O6. The minimum Gasteiger partial charge on any atom is -0.465 e. The Kier molecular flexibility index (Phi) is 10.7. The van der Waals surface area contributed by atoms with Crippen molar-refractivity contribution >= 4 is 23.7 Å². The van der Waals surface area contributed by atoms with Crippen LogP contribution in [0.4, 0.5) is 0 Å². The first kappa shape index (κ1) is 30.1. The molecule has 222 valence electrons. The van der Waals surface area contributed by atoms with Crippen LogP contribution in [0.15, 0.2) is 0 Å². The number of imide groups is 1. The third-order valence-corrected chi connectivity index (χ3v) is 8.62. The number of ether oxygens (including phenoxy) is 2. The van der Waals surface area contributed by atoms with E-state index in [9.17, 15) is 19.2 Å². The summed E-state index contributed by atoms with van der Waals surface area (Å²) in [4.78, 5) is 52.1. The molecule has 0 aromatic carbocycles. The van der Waals surface area contributed by atoms with Crippen molar-refractivity contribution in [1.82, 2.24) is 29.7 Å². The Balaban J connectivity index is 1.12. The van der Waals surface area contributed by atoms with Crippen LogP contribution in [0.1, 0.15) is 56.8 Å². The maximum atomic E-state index is 12.2. The van der Waals surface area contributed by atoms with Crippen LogP contribution >= 0.6 is 0 Å². The van der Waals surface area contributed by atoms with Crippen molar-refractivity contribution in [1.29, 1.82) is 0 Å². The molecule has 40 heavy (non-hydrogen) atoms. The van der Waals surface area contributed by atoms with Crippen LogP contribution in [-0.4, -0.2) is 113 Å². The molecule has 0 N–H and O–H groups in total. The van der Waals surface area contributed by atoms with Gasteiger partial charge in [-0.25, -0.2) is 4.68 Å². The van der Waals surface area contributed by atoms with Gasteiger partial charge in [0.1, 0.15) is 0 Å². The lowest BCUT2D eigenvalue weighted by Crippen LogP contribution is -2.37. The van der Waals surface area contributed by atoms with Gasteiger partial charge in [0.2, 0.25) is 17.7 Å². The number of likely N-dealkylation sites (N-methyl/N-ethyl adjacent to an activating group) is 2. The number of hydrogen-bond acceptors (Lipinski definition) is 9.